The van der Waals surface area contributed by atoms with Gasteiger partial charge in [0.15, 0.2) is 11.6 Å². The van der Waals surface area contributed by atoms with Crippen molar-refractivity contribution < 1.29 is 19.3 Å². The summed E-state index contributed by atoms with van der Waals surface area (Å²) < 4.78 is 18.0. The largest absolute Gasteiger partial charge is 0.494 e. The second kappa shape index (κ2) is 5.68. The molecule has 0 bridgehead atoms. The first-order chi connectivity index (χ1) is 7.21. The predicted octanol–water partition coefficient (Wildman–Crippen LogP) is 0.978. The lowest BCUT2D eigenvalue weighted by molar-refractivity contribution is 0.150. The summed E-state index contributed by atoms with van der Waals surface area (Å²) in [7, 11) is 1.41. The Balaban J connectivity index is 2.74. The fourth-order valence-electron chi connectivity index (χ4n) is 1.36. The van der Waals surface area contributed by atoms with Gasteiger partial charge in [-0.05, 0) is 24.1 Å². The minimum absolute atomic E-state index is 0.107. The van der Waals surface area contributed by atoms with Gasteiger partial charge in [-0.3, -0.25) is 0 Å². The van der Waals surface area contributed by atoms with Crippen molar-refractivity contribution in [1.82, 2.24) is 0 Å². The summed E-state index contributed by atoms with van der Waals surface area (Å²) in [4.78, 5) is 0. The lowest BCUT2D eigenvalue weighted by atomic mass is 10.0. The van der Waals surface area contributed by atoms with Gasteiger partial charge in [-0.15, -0.1) is 0 Å². The Labute approximate surface area is 88.1 Å². The van der Waals surface area contributed by atoms with E-state index < -0.39 is 5.82 Å². The summed E-state index contributed by atoms with van der Waals surface area (Å²) in [5.41, 5.74) is 0.737. The Hall–Kier alpha value is -1.13. The van der Waals surface area contributed by atoms with Crippen LogP contribution in [0.4, 0.5) is 4.39 Å². The molecule has 0 saturated heterocycles. The van der Waals surface area contributed by atoms with Crippen LogP contribution in [0.15, 0.2) is 18.2 Å². The van der Waals surface area contributed by atoms with E-state index in [-0.39, 0.29) is 24.9 Å². The molecule has 0 radical (unpaired) electrons. The SMILES string of the molecule is COc1ccc(CC(CO)CO)cc1F. The van der Waals surface area contributed by atoms with Gasteiger partial charge in [0.05, 0.1) is 7.11 Å². The molecule has 84 valence electrons. The van der Waals surface area contributed by atoms with Crippen molar-refractivity contribution in [2.24, 2.45) is 5.92 Å². The molecule has 0 aliphatic carbocycles. The van der Waals surface area contributed by atoms with Crippen LogP contribution in [0.2, 0.25) is 0 Å². The zero-order valence-electron chi connectivity index (χ0n) is 8.61. The van der Waals surface area contributed by atoms with E-state index in [1.165, 1.54) is 19.2 Å². The van der Waals surface area contributed by atoms with Gasteiger partial charge >= 0.3 is 0 Å². The van der Waals surface area contributed by atoms with E-state index in [9.17, 15) is 4.39 Å². The van der Waals surface area contributed by atoms with Crippen molar-refractivity contribution in [2.75, 3.05) is 20.3 Å². The molecule has 0 unspecified atom stereocenters. The molecule has 0 fully saturated rings. The summed E-state index contributed by atoms with van der Waals surface area (Å²) >= 11 is 0. The Morgan fingerprint density at radius 1 is 1.33 bits per heavy atom. The van der Waals surface area contributed by atoms with Gasteiger partial charge in [0.25, 0.3) is 0 Å². The van der Waals surface area contributed by atoms with Crippen molar-refractivity contribution in [3.8, 4) is 5.75 Å². The number of hydrogen-bond acceptors (Lipinski definition) is 3. The van der Waals surface area contributed by atoms with Gasteiger partial charge < -0.3 is 14.9 Å². The van der Waals surface area contributed by atoms with Crippen LogP contribution < -0.4 is 4.74 Å². The van der Waals surface area contributed by atoms with E-state index in [1.54, 1.807) is 6.07 Å². The highest BCUT2D eigenvalue weighted by atomic mass is 19.1. The summed E-state index contributed by atoms with van der Waals surface area (Å²) in [5, 5.41) is 17.8. The summed E-state index contributed by atoms with van der Waals surface area (Å²) in [5.74, 6) is -0.467. The lowest BCUT2D eigenvalue weighted by Gasteiger charge is -2.11. The Morgan fingerprint density at radius 2 is 2.00 bits per heavy atom. The second-order valence-electron chi connectivity index (χ2n) is 3.40. The van der Waals surface area contributed by atoms with E-state index in [0.29, 0.717) is 6.42 Å². The van der Waals surface area contributed by atoms with Crippen LogP contribution in [0, 0.1) is 11.7 Å². The maximum atomic E-state index is 13.3. The molecule has 4 heteroatoms. The van der Waals surface area contributed by atoms with E-state index in [4.69, 9.17) is 14.9 Å². The van der Waals surface area contributed by atoms with Crippen LogP contribution in [0.5, 0.6) is 5.75 Å². The Kier molecular flexibility index (Phi) is 4.52. The minimum Gasteiger partial charge on any atom is -0.494 e. The third kappa shape index (κ3) is 3.18. The molecule has 0 amide bonds. The molecule has 0 aliphatic heterocycles. The van der Waals surface area contributed by atoms with E-state index in [1.807, 2.05) is 0 Å². The number of halogens is 1. The van der Waals surface area contributed by atoms with E-state index in [2.05, 4.69) is 0 Å². The van der Waals surface area contributed by atoms with Crippen molar-refractivity contribution >= 4 is 0 Å². The van der Waals surface area contributed by atoms with Crippen LogP contribution in [-0.4, -0.2) is 30.5 Å². The Morgan fingerprint density at radius 3 is 2.47 bits per heavy atom. The molecule has 1 rings (SSSR count). The first-order valence-electron chi connectivity index (χ1n) is 4.75. The van der Waals surface area contributed by atoms with Gasteiger partial charge in [-0.2, -0.15) is 0 Å². The monoisotopic (exact) mass is 214 g/mol. The molecule has 0 aromatic heterocycles. The fraction of sp³-hybridized carbons (Fsp3) is 0.455. The zero-order chi connectivity index (χ0) is 11.3. The van der Waals surface area contributed by atoms with Crippen molar-refractivity contribution in [3.05, 3.63) is 29.6 Å². The number of rotatable bonds is 5. The van der Waals surface area contributed by atoms with Crippen LogP contribution in [0.1, 0.15) is 5.56 Å². The number of hydrogen-bond donors (Lipinski definition) is 2. The molecule has 1 aromatic rings. The van der Waals surface area contributed by atoms with Gasteiger partial charge in [0.2, 0.25) is 0 Å². The first-order valence-corrected chi connectivity index (χ1v) is 4.75. The molecular weight excluding hydrogens is 199 g/mol. The molecule has 0 aliphatic rings. The van der Waals surface area contributed by atoms with Crippen molar-refractivity contribution in [2.45, 2.75) is 6.42 Å². The minimum atomic E-state index is -0.426. The number of benzene rings is 1. The highest BCUT2D eigenvalue weighted by Gasteiger charge is 2.09. The fourth-order valence-corrected chi connectivity index (χ4v) is 1.36. The molecule has 0 heterocycles. The Bertz CT molecular complexity index is 311. The van der Waals surface area contributed by atoms with Crippen LogP contribution in [-0.2, 0) is 6.42 Å². The van der Waals surface area contributed by atoms with Crippen molar-refractivity contribution in [3.63, 3.8) is 0 Å². The summed E-state index contributed by atoms with van der Waals surface area (Å²) in [6.07, 6.45) is 0.452. The van der Waals surface area contributed by atoms with E-state index >= 15 is 0 Å². The predicted molar refractivity (Wildman–Crippen MR) is 54.3 cm³/mol. The zero-order valence-corrected chi connectivity index (χ0v) is 8.61. The maximum absolute atomic E-state index is 13.3. The summed E-state index contributed by atoms with van der Waals surface area (Å²) in [6.45, 7) is -0.214. The van der Waals surface area contributed by atoms with Crippen LogP contribution >= 0.6 is 0 Å². The smallest absolute Gasteiger partial charge is 0.165 e. The van der Waals surface area contributed by atoms with Gasteiger partial charge in [-0.1, -0.05) is 6.07 Å². The number of methoxy groups -OCH3 is 1. The molecule has 2 N–H and O–H groups in total. The first kappa shape index (κ1) is 11.9. The van der Waals surface area contributed by atoms with Crippen molar-refractivity contribution in [1.29, 1.82) is 0 Å². The average Bonchev–Trinajstić information content (AvgIpc) is 2.26. The second-order valence-corrected chi connectivity index (χ2v) is 3.40. The number of ether oxygens (including phenoxy) is 1. The van der Waals surface area contributed by atoms with E-state index in [0.717, 1.165) is 5.56 Å². The summed E-state index contributed by atoms with van der Waals surface area (Å²) in [6, 6.07) is 4.62. The number of aliphatic hydroxyl groups is 2. The highest BCUT2D eigenvalue weighted by molar-refractivity contribution is 5.29. The number of aliphatic hydroxyl groups excluding tert-OH is 2. The molecule has 0 atom stereocenters. The molecule has 15 heavy (non-hydrogen) atoms. The standard InChI is InChI=1S/C11H15FO3/c1-15-11-3-2-8(5-10(11)12)4-9(6-13)7-14/h2-3,5,9,13-14H,4,6-7H2,1H3. The maximum Gasteiger partial charge on any atom is 0.165 e. The molecule has 3 nitrogen and oxygen atoms in total. The molecule has 0 spiro atoms. The van der Waals surface area contributed by atoms with Crippen LogP contribution in [0.3, 0.4) is 0 Å². The van der Waals surface area contributed by atoms with Gasteiger partial charge in [-0.25, -0.2) is 4.39 Å². The highest BCUT2D eigenvalue weighted by Crippen LogP contribution is 2.19. The topological polar surface area (TPSA) is 49.7 Å². The van der Waals surface area contributed by atoms with Gasteiger partial charge in [0, 0.05) is 19.1 Å². The quantitative estimate of drug-likeness (QED) is 0.768. The average molecular weight is 214 g/mol. The van der Waals surface area contributed by atoms with Crippen LogP contribution in [0.25, 0.3) is 0 Å². The third-order valence-electron chi connectivity index (χ3n) is 2.26. The normalized spacial score (nSPS) is 10.7. The molecule has 1 aromatic carbocycles. The van der Waals surface area contributed by atoms with Gasteiger partial charge in [0.1, 0.15) is 0 Å². The molecule has 0 saturated carbocycles. The lowest BCUT2D eigenvalue weighted by Crippen LogP contribution is -2.14. The molecular formula is C11H15FO3. The third-order valence-corrected chi connectivity index (χ3v) is 2.26.